The first-order valence-corrected chi connectivity index (χ1v) is 5.50. The molecule has 2 N–H and O–H groups in total. The van der Waals surface area contributed by atoms with Crippen molar-refractivity contribution in [2.24, 2.45) is 0 Å². The lowest BCUT2D eigenvalue weighted by Crippen LogP contribution is -2.21. The van der Waals surface area contributed by atoms with E-state index < -0.39 is 6.03 Å². The molecule has 0 aromatic carbocycles. The molecule has 0 unspecified atom stereocenters. The Morgan fingerprint density at radius 1 is 1.12 bits per heavy atom. The summed E-state index contributed by atoms with van der Waals surface area (Å²) in [6.45, 7) is 0. The van der Waals surface area contributed by atoms with Crippen LogP contribution in [0.15, 0.2) is 41.3 Å². The molecule has 2 aromatic heterocycles. The summed E-state index contributed by atoms with van der Waals surface area (Å²) < 4.78 is 0.744. The predicted molar refractivity (Wildman–Crippen MR) is 66.6 cm³/mol. The number of urea groups is 1. The van der Waals surface area contributed by atoms with Crippen LogP contribution in [0.1, 0.15) is 0 Å². The zero-order valence-corrected chi connectivity index (χ0v) is 10.2. The zero-order valence-electron chi connectivity index (χ0n) is 8.59. The van der Waals surface area contributed by atoms with Crippen molar-refractivity contribution < 1.29 is 4.79 Å². The molecule has 86 valence electrons. The average Bonchev–Trinajstić information content (AvgIpc) is 2.33. The highest BCUT2D eigenvalue weighted by molar-refractivity contribution is 9.10. The Labute approximate surface area is 106 Å². The van der Waals surface area contributed by atoms with Gasteiger partial charge in [-0.25, -0.2) is 19.7 Å². The Morgan fingerprint density at radius 2 is 1.88 bits per heavy atom. The van der Waals surface area contributed by atoms with Gasteiger partial charge in [0.2, 0.25) is 5.95 Å². The molecular weight excluding hydrogens is 286 g/mol. The first kappa shape index (κ1) is 11.5. The van der Waals surface area contributed by atoms with E-state index in [4.69, 9.17) is 0 Å². The highest BCUT2D eigenvalue weighted by atomic mass is 79.9. The minimum atomic E-state index is -0.439. The van der Waals surface area contributed by atoms with Crippen molar-refractivity contribution >= 4 is 33.7 Å². The molecule has 0 aliphatic carbocycles. The monoisotopic (exact) mass is 293 g/mol. The minimum Gasteiger partial charge on any atom is -0.292 e. The van der Waals surface area contributed by atoms with E-state index in [1.54, 1.807) is 36.8 Å². The van der Waals surface area contributed by atoms with Crippen LogP contribution < -0.4 is 10.6 Å². The molecule has 0 atom stereocenters. The first-order valence-electron chi connectivity index (χ1n) is 4.70. The van der Waals surface area contributed by atoms with Gasteiger partial charge in [-0.05, 0) is 28.1 Å². The van der Waals surface area contributed by atoms with E-state index in [0.717, 1.165) is 4.47 Å². The second kappa shape index (κ2) is 5.35. The number of aromatic nitrogens is 3. The lowest BCUT2D eigenvalue weighted by Gasteiger charge is -2.04. The molecule has 2 rings (SSSR count). The third-order valence-corrected chi connectivity index (χ3v) is 2.16. The van der Waals surface area contributed by atoms with Gasteiger partial charge in [0.1, 0.15) is 5.82 Å². The van der Waals surface area contributed by atoms with Crippen molar-refractivity contribution in [2.75, 3.05) is 10.6 Å². The van der Waals surface area contributed by atoms with Gasteiger partial charge in [0.05, 0.1) is 4.47 Å². The number of anilines is 2. The summed E-state index contributed by atoms with van der Waals surface area (Å²) in [6.07, 6.45) is 4.68. The highest BCUT2D eigenvalue weighted by Gasteiger charge is 2.04. The molecule has 0 aliphatic heterocycles. The number of nitrogens with one attached hydrogen (secondary N) is 2. The van der Waals surface area contributed by atoms with Gasteiger partial charge in [0.25, 0.3) is 0 Å². The van der Waals surface area contributed by atoms with Crippen LogP contribution in [0.25, 0.3) is 0 Å². The van der Waals surface area contributed by atoms with E-state index in [-0.39, 0.29) is 5.95 Å². The fourth-order valence-corrected chi connectivity index (χ4v) is 1.27. The van der Waals surface area contributed by atoms with Gasteiger partial charge < -0.3 is 0 Å². The summed E-state index contributed by atoms with van der Waals surface area (Å²) in [5, 5.41) is 5.04. The van der Waals surface area contributed by atoms with Crippen LogP contribution in [0, 0.1) is 0 Å². The summed E-state index contributed by atoms with van der Waals surface area (Å²) >= 11 is 3.20. The molecule has 2 heterocycles. The highest BCUT2D eigenvalue weighted by Crippen LogP contribution is 2.07. The topological polar surface area (TPSA) is 79.8 Å². The Hall–Kier alpha value is -2.02. The Kier molecular flexibility index (Phi) is 3.61. The number of amides is 2. The second-order valence-corrected chi connectivity index (χ2v) is 3.93. The number of nitrogens with zero attached hydrogens (tertiary/aromatic N) is 3. The van der Waals surface area contributed by atoms with Gasteiger partial charge in [0.15, 0.2) is 0 Å². The van der Waals surface area contributed by atoms with E-state index in [0.29, 0.717) is 5.82 Å². The van der Waals surface area contributed by atoms with Gasteiger partial charge in [-0.1, -0.05) is 6.07 Å². The predicted octanol–water partition coefficient (Wildman–Crippen LogP) is 2.28. The summed E-state index contributed by atoms with van der Waals surface area (Å²) in [6, 6.07) is 4.79. The molecule has 0 bridgehead atoms. The maximum Gasteiger partial charge on any atom is 0.327 e. The molecule has 2 aromatic rings. The van der Waals surface area contributed by atoms with Crippen LogP contribution in [-0.4, -0.2) is 21.0 Å². The van der Waals surface area contributed by atoms with Gasteiger partial charge in [0, 0.05) is 18.6 Å². The Morgan fingerprint density at radius 3 is 2.53 bits per heavy atom. The summed E-state index contributed by atoms with van der Waals surface area (Å²) in [5.74, 6) is 0.684. The maximum absolute atomic E-state index is 11.5. The first-order chi connectivity index (χ1) is 8.24. The van der Waals surface area contributed by atoms with Crippen molar-refractivity contribution in [3.63, 3.8) is 0 Å². The number of rotatable bonds is 2. The van der Waals surface area contributed by atoms with E-state index >= 15 is 0 Å². The molecule has 17 heavy (non-hydrogen) atoms. The van der Waals surface area contributed by atoms with Crippen LogP contribution in [0.2, 0.25) is 0 Å². The Balaban J connectivity index is 1.96. The van der Waals surface area contributed by atoms with Crippen molar-refractivity contribution in [3.8, 4) is 0 Å². The number of hydrogen-bond acceptors (Lipinski definition) is 4. The average molecular weight is 294 g/mol. The number of hydrogen-bond donors (Lipinski definition) is 2. The molecule has 6 nitrogen and oxygen atoms in total. The van der Waals surface area contributed by atoms with E-state index in [9.17, 15) is 4.79 Å². The quantitative estimate of drug-likeness (QED) is 0.890. The van der Waals surface area contributed by atoms with Crippen molar-refractivity contribution in [2.45, 2.75) is 0 Å². The van der Waals surface area contributed by atoms with Gasteiger partial charge in [-0.2, -0.15) is 0 Å². The molecule has 0 saturated carbocycles. The largest absolute Gasteiger partial charge is 0.327 e. The molecule has 0 aliphatic rings. The zero-order chi connectivity index (χ0) is 12.1. The number of carbonyl (C=O) groups excluding carboxylic acids is 1. The second-order valence-electron chi connectivity index (χ2n) is 3.02. The third-order valence-electron chi connectivity index (χ3n) is 1.75. The molecule has 0 fully saturated rings. The van der Waals surface area contributed by atoms with Gasteiger partial charge >= 0.3 is 6.03 Å². The summed E-state index contributed by atoms with van der Waals surface area (Å²) in [5.41, 5.74) is 0. The van der Waals surface area contributed by atoms with Gasteiger partial charge in [-0.3, -0.25) is 10.6 Å². The fraction of sp³-hybridized carbons (Fsp3) is 0. The number of pyridine rings is 1. The smallest absolute Gasteiger partial charge is 0.292 e. The summed E-state index contributed by atoms with van der Waals surface area (Å²) in [7, 11) is 0. The van der Waals surface area contributed by atoms with E-state index in [1.807, 2.05) is 0 Å². The normalized spacial score (nSPS) is 9.71. The lowest BCUT2D eigenvalue weighted by atomic mass is 10.5. The summed E-state index contributed by atoms with van der Waals surface area (Å²) in [4.78, 5) is 23.3. The molecule has 2 amide bonds. The van der Waals surface area contributed by atoms with Crippen LogP contribution in [-0.2, 0) is 0 Å². The standard InChI is InChI=1S/C10H8BrN5O/c11-7-5-13-9(14-6-7)16-10(17)15-8-3-1-2-4-12-8/h1-6H,(H2,12,13,14,15,16,17). The van der Waals surface area contributed by atoms with Crippen LogP contribution >= 0.6 is 15.9 Å². The maximum atomic E-state index is 11.5. The fourth-order valence-electron chi connectivity index (χ4n) is 1.06. The molecule has 7 heteroatoms. The number of carbonyl (C=O) groups is 1. The molecular formula is C10H8BrN5O. The molecule has 0 spiro atoms. The van der Waals surface area contributed by atoms with Crippen LogP contribution in [0.3, 0.4) is 0 Å². The van der Waals surface area contributed by atoms with E-state index in [1.165, 1.54) is 0 Å². The lowest BCUT2D eigenvalue weighted by molar-refractivity contribution is 0.262. The van der Waals surface area contributed by atoms with Crippen molar-refractivity contribution in [1.29, 1.82) is 0 Å². The van der Waals surface area contributed by atoms with Crippen molar-refractivity contribution in [1.82, 2.24) is 15.0 Å². The van der Waals surface area contributed by atoms with Crippen LogP contribution in [0.4, 0.5) is 16.6 Å². The molecule has 0 saturated heterocycles. The SMILES string of the molecule is O=C(Nc1ccccn1)Nc1ncc(Br)cn1. The van der Waals surface area contributed by atoms with Crippen LogP contribution in [0.5, 0.6) is 0 Å². The van der Waals surface area contributed by atoms with E-state index in [2.05, 4.69) is 41.5 Å². The third kappa shape index (κ3) is 3.49. The van der Waals surface area contributed by atoms with Gasteiger partial charge in [-0.15, -0.1) is 0 Å². The Bertz CT molecular complexity index is 502. The minimum absolute atomic E-state index is 0.224. The molecule has 0 radical (unpaired) electrons. The number of halogens is 1. The van der Waals surface area contributed by atoms with Crippen molar-refractivity contribution in [3.05, 3.63) is 41.3 Å².